The normalized spacial score (nSPS) is 10.7. The van der Waals surface area contributed by atoms with E-state index in [2.05, 4.69) is 10.1 Å². The van der Waals surface area contributed by atoms with Crippen LogP contribution in [-0.4, -0.2) is 20.5 Å². The van der Waals surface area contributed by atoms with Crippen LogP contribution in [0.2, 0.25) is 5.02 Å². The number of aromatic nitrogens is 3. The molecular formula is C13H13ClFN3O. The highest BCUT2D eigenvalue weighted by Crippen LogP contribution is 2.16. The summed E-state index contributed by atoms with van der Waals surface area (Å²) < 4.78 is 15.3. The highest BCUT2D eigenvalue weighted by Gasteiger charge is 2.15. The number of nitrogens with zero attached hydrogens (tertiary/aromatic N) is 3. The van der Waals surface area contributed by atoms with Gasteiger partial charge in [-0.1, -0.05) is 18.5 Å². The molecule has 1 aromatic heterocycles. The second kappa shape index (κ2) is 5.93. The molecule has 0 radical (unpaired) electrons. The quantitative estimate of drug-likeness (QED) is 0.792. The maximum atomic E-state index is 13.6. The molecule has 0 atom stereocenters. The van der Waals surface area contributed by atoms with Crippen molar-refractivity contribution in [2.45, 2.75) is 26.3 Å². The van der Waals surface area contributed by atoms with Crippen molar-refractivity contribution in [3.8, 4) is 0 Å². The van der Waals surface area contributed by atoms with Crippen molar-refractivity contribution in [3.63, 3.8) is 0 Å². The lowest BCUT2D eigenvalue weighted by Crippen LogP contribution is -2.12. The van der Waals surface area contributed by atoms with Crippen molar-refractivity contribution < 1.29 is 9.18 Å². The van der Waals surface area contributed by atoms with Crippen LogP contribution in [0.25, 0.3) is 0 Å². The second-order valence-corrected chi connectivity index (χ2v) is 4.56. The minimum atomic E-state index is -0.612. The first-order valence-corrected chi connectivity index (χ1v) is 6.34. The lowest BCUT2D eigenvalue weighted by molar-refractivity contribution is 0.0985. The van der Waals surface area contributed by atoms with Crippen LogP contribution in [0.5, 0.6) is 0 Å². The Morgan fingerprint density at radius 3 is 2.95 bits per heavy atom. The molecule has 0 aliphatic rings. The number of carbonyl (C=O) groups is 1. The molecule has 0 saturated carbocycles. The van der Waals surface area contributed by atoms with E-state index in [9.17, 15) is 9.18 Å². The minimum absolute atomic E-state index is 0.0236. The lowest BCUT2D eigenvalue weighted by Gasteiger charge is -2.05. The Bertz CT molecular complexity index is 597. The topological polar surface area (TPSA) is 47.8 Å². The molecular weight excluding hydrogens is 269 g/mol. The average Bonchev–Trinajstić information content (AvgIpc) is 2.77. The van der Waals surface area contributed by atoms with Gasteiger partial charge in [0.05, 0.1) is 12.0 Å². The van der Waals surface area contributed by atoms with Gasteiger partial charge >= 0.3 is 0 Å². The molecule has 19 heavy (non-hydrogen) atoms. The molecule has 0 fully saturated rings. The van der Waals surface area contributed by atoms with Crippen LogP contribution in [0, 0.1) is 5.82 Å². The predicted molar refractivity (Wildman–Crippen MR) is 69.8 cm³/mol. The highest BCUT2D eigenvalue weighted by molar-refractivity contribution is 6.30. The number of hydrogen-bond acceptors (Lipinski definition) is 3. The Kier molecular flexibility index (Phi) is 4.27. The number of hydrogen-bond donors (Lipinski definition) is 0. The fourth-order valence-corrected chi connectivity index (χ4v) is 1.94. The second-order valence-electron chi connectivity index (χ2n) is 4.12. The van der Waals surface area contributed by atoms with Gasteiger partial charge in [0.2, 0.25) is 0 Å². The summed E-state index contributed by atoms with van der Waals surface area (Å²) in [4.78, 5) is 16.1. The Hall–Kier alpha value is -1.75. The zero-order valence-corrected chi connectivity index (χ0v) is 11.2. The first-order chi connectivity index (χ1) is 9.11. The van der Waals surface area contributed by atoms with Gasteiger partial charge in [0.1, 0.15) is 18.0 Å². The molecule has 0 spiro atoms. The van der Waals surface area contributed by atoms with Crippen LogP contribution in [0.1, 0.15) is 29.5 Å². The summed E-state index contributed by atoms with van der Waals surface area (Å²) in [5, 5.41) is 4.29. The Balaban J connectivity index is 2.18. The van der Waals surface area contributed by atoms with Gasteiger partial charge in [-0.15, -0.1) is 0 Å². The summed E-state index contributed by atoms with van der Waals surface area (Å²) in [6.45, 7) is 2.69. The van der Waals surface area contributed by atoms with Gasteiger partial charge in [-0.2, -0.15) is 5.10 Å². The van der Waals surface area contributed by atoms with E-state index < -0.39 is 5.82 Å². The summed E-state index contributed by atoms with van der Waals surface area (Å²) in [6, 6.07) is 4.01. The van der Waals surface area contributed by atoms with E-state index in [-0.39, 0.29) is 22.8 Å². The van der Waals surface area contributed by atoms with Crippen molar-refractivity contribution in [2.75, 3.05) is 0 Å². The molecule has 0 unspecified atom stereocenters. The molecule has 2 aromatic rings. The third-order valence-electron chi connectivity index (χ3n) is 2.68. The summed E-state index contributed by atoms with van der Waals surface area (Å²) in [6.07, 6.45) is 2.31. The van der Waals surface area contributed by atoms with Crippen LogP contribution in [0.3, 0.4) is 0 Å². The van der Waals surface area contributed by atoms with Gasteiger partial charge in [0, 0.05) is 11.6 Å². The number of aryl methyl sites for hydroxylation is 1. The summed E-state index contributed by atoms with van der Waals surface area (Å²) in [5.74, 6) is -0.403. The van der Waals surface area contributed by atoms with Gasteiger partial charge in [-0.3, -0.25) is 4.79 Å². The van der Waals surface area contributed by atoms with Crippen LogP contribution in [-0.2, 0) is 13.0 Å². The van der Waals surface area contributed by atoms with Gasteiger partial charge in [0.25, 0.3) is 0 Å². The molecule has 0 N–H and O–H groups in total. The number of ketones is 1. The van der Waals surface area contributed by atoms with E-state index in [4.69, 9.17) is 11.6 Å². The van der Waals surface area contributed by atoms with Gasteiger partial charge < -0.3 is 0 Å². The minimum Gasteiger partial charge on any atom is -0.294 e. The molecule has 4 nitrogen and oxygen atoms in total. The monoisotopic (exact) mass is 281 g/mol. The molecule has 100 valence electrons. The van der Waals surface area contributed by atoms with Gasteiger partial charge in [-0.25, -0.2) is 14.1 Å². The molecule has 0 aliphatic carbocycles. The fourth-order valence-electron chi connectivity index (χ4n) is 1.78. The molecule has 0 aliphatic heterocycles. The van der Waals surface area contributed by atoms with Crippen molar-refractivity contribution in [1.82, 2.24) is 14.8 Å². The number of halogens is 2. The third kappa shape index (κ3) is 3.17. The van der Waals surface area contributed by atoms with Crippen LogP contribution >= 0.6 is 11.6 Å². The standard InChI is InChI=1S/C13H13ClFN3O/c1-2-5-18-13(16-8-17-18)7-12(19)10-4-3-9(14)6-11(10)15/h3-4,6,8H,2,5,7H2,1H3. The Morgan fingerprint density at radius 2 is 2.26 bits per heavy atom. The lowest BCUT2D eigenvalue weighted by atomic mass is 10.1. The van der Waals surface area contributed by atoms with Gasteiger partial charge in [-0.05, 0) is 24.6 Å². The smallest absolute Gasteiger partial charge is 0.173 e. The van der Waals surface area contributed by atoms with Gasteiger partial charge in [0.15, 0.2) is 5.78 Å². The van der Waals surface area contributed by atoms with Crippen molar-refractivity contribution in [2.24, 2.45) is 0 Å². The summed E-state index contributed by atoms with van der Waals surface area (Å²) >= 11 is 5.65. The van der Waals surface area contributed by atoms with E-state index >= 15 is 0 Å². The zero-order valence-electron chi connectivity index (χ0n) is 10.4. The third-order valence-corrected chi connectivity index (χ3v) is 2.92. The van der Waals surface area contributed by atoms with E-state index in [1.807, 2.05) is 6.92 Å². The van der Waals surface area contributed by atoms with Crippen molar-refractivity contribution in [3.05, 3.63) is 46.8 Å². The van der Waals surface area contributed by atoms with E-state index in [0.29, 0.717) is 12.4 Å². The Labute approximate surface area is 115 Å². The first-order valence-electron chi connectivity index (χ1n) is 5.96. The molecule has 0 amide bonds. The maximum Gasteiger partial charge on any atom is 0.173 e. The SMILES string of the molecule is CCCn1ncnc1CC(=O)c1ccc(Cl)cc1F. The first kappa shape index (κ1) is 13.7. The predicted octanol–water partition coefficient (Wildman–Crippen LogP) is 2.91. The van der Waals surface area contributed by atoms with E-state index in [0.717, 1.165) is 12.5 Å². The number of benzene rings is 1. The zero-order chi connectivity index (χ0) is 13.8. The van der Waals surface area contributed by atoms with Crippen molar-refractivity contribution >= 4 is 17.4 Å². The molecule has 1 aromatic carbocycles. The largest absolute Gasteiger partial charge is 0.294 e. The number of Topliss-reactive ketones (excluding diaryl/α,β-unsaturated/α-hetero) is 1. The molecule has 1 heterocycles. The molecule has 6 heteroatoms. The van der Waals surface area contributed by atoms with Crippen molar-refractivity contribution in [1.29, 1.82) is 0 Å². The highest BCUT2D eigenvalue weighted by atomic mass is 35.5. The number of rotatable bonds is 5. The fraction of sp³-hybridized carbons (Fsp3) is 0.308. The van der Waals surface area contributed by atoms with E-state index in [1.165, 1.54) is 18.5 Å². The molecule has 2 rings (SSSR count). The van der Waals surface area contributed by atoms with Crippen LogP contribution < -0.4 is 0 Å². The van der Waals surface area contributed by atoms with Crippen LogP contribution in [0.4, 0.5) is 4.39 Å². The Morgan fingerprint density at radius 1 is 1.47 bits per heavy atom. The maximum absolute atomic E-state index is 13.6. The summed E-state index contributed by atoms with van der Waals surface area (Å²) in [5.41, 5.74) is 0.0236. The average molecular weight is 282 g/mol. The molecule has 0 saturated heterocycles. The van der Waals surface area contributed by atoms with Crippen LogP contribution in [0.15, 0.2) is 24.5 Å². The molecule has 0 bridgehead atoms. The summed E-state index contributed by atoms with van der Waals surface area (Å²) in [7, 11) is 0. The van der Waals surface area contributed by atoms with E-state index in [1.54, 1.807) is 4.68 Å². The number of carbonyl (C=O) groups excluding carboxylic acids is 1.